The second kappa shape index (κ2) is 10.8. The minimum absolute atomic E-state index is 0.275. The van der Waals surface area contributed by atoms with Crippen molar-refractivity contribution in [3.05, 3.63) is 42.0 Å². The molecule has 0 unspecified atom stereocenters. The van der Waals surface area contributed by atoms with Gasteiger partial charge >= 0.3 is 0 Å². The van der Waals surface area contributed by atoms with Gasteiger partial charge in [-0.2, -0.15) is 0 Å². The predicted molar refractivity (Wildman–Crippen MR) is 112 cm³/mol. The van der Waals surface area contributed by atoms with E-state index in [9.17, 15) is 4.39 Å². The van der Waals surface area contributed by atoms with Gasteiger partial charge in [0.1, 0.15) is 12.1 Å². The molecule has 1 aromatic carbocycles. The van der Waals surface area contributed by atoms with E-state index in [1.807, 2.05) is 0 Å². The van der Waals surface area contributed by atoms with Crippen molar-refractivity contribution in [3.8, 4) is 11.5 Å². The normalized spacial score (nSPS) is 12.2. The molecule has 2 N–H and O–H groups in total. The van der Waals surface area contributed by atoms with Gasteiger partial charge in [0.05, 0.1) is 5.69 Å². The first-order valence-corrected chi connectivity index (χ1v) is 9.81. The Morgan fingerprint density at radius 2 is 1.75 bits per heavy atom. The number of guanidine groups is 1. The van der Waals surface area contributed by atoms with E-state index in [-0.39, 0.29) is 5.82 Å². The van der Waals surface area contributed by atoms with Crippen LogP contribution in [0.4, 0.5) is 4.39 Å². The van der Waals surface area contributed by atoms with Gasteiger partial charge in [0.15, 0.2) is 5.96 Å². The highest BCUT2D eigenvalue weighted by atomic mass is 19.1. The Morgan fingerprint density at radius 3 is 2.36 bits per heavy atom. The van der Waals surface area contributed by atoms with Crippen LogP contribution in [0.15, 0.2) is 39.9 Å². The van der Waals surface area contributed by atoms with Gasteiger partial charge in [-0.25, -0.2) is 9.37 Å². The first-order chi connectivity index (χ1) is 13.4. The minimum Gasteiger partial charge on any atom is -0.444 e. The van der Waals surface area contributed by atoms with Crippen LogP contribution in [0.3, 0.4) is 0 Å². The van der Waals surface area contributed by atoms with Crippen molar-refractivity contribution in [2.45, 2.75) is 46.2 Å². The molecule has 0 aliphatic carbocycles. The van der Waals surface area contributed by atoms with Gasteiger partial charge in [0.2, 0.25) is 5.89 Å². The van der Waals surface area contributed by atoms with E-state index < -0.39 is 0 Å². The van der Waals surface area contributed by atoms with Crippen molar-refractivity contribution in [2.75, 3.05) is 26.7 Å². The largest absolute Gasteiger partial charge is 0.444 e. The molecule has 1 heterocycles. The molecule has 2 rings (SSSR count). The summed E-state index contributed by atoms with van der Waals surface area (Å²) in [5, 5.41) is 6.65. The van der Waals surface area contributed by atoms with Crippen LogP contribution in [-0.2, 0) is 6.42 Å². The number of nitrogens with one attached hydrogen (secondary N) is 2. The Hall–Kier alpha value is -2.41. The number of benzene rings is 1. The Balaban J connectivity index is 1.76. The summed E-state index contributed by atoms with van der Waals surface area (Å²) < 4.78 is 18.5. The number of aromatic nitrogens is 1. The fourth-order valence-electron chi connectivity index (χ4n) is 3.09. The van der Waals surface area contributed by atoms with E-state index in [0.29, 0.717) is 30.9 Å². The molecule has 154 valence electrons. The maximum Gasteiger partial charge on any atom is 0.226 e. The van der Waals surface area contributed by atoms with Crippen LogP contribution in [0, 0.1) is 5.82 Å². The summed E-state index contributed by atoms with van der Waals surface area (Å²) in [6, 6.07) is 7.14. The van der Waals surface area contributed by atoms with E-state index in [1.165, 1.54) is 12.1 Å². The molecular weight excluding hydrogens is 357 g/mol. The van der Waals surface area contributed by atoms with Crippen LogP contribution < -0.4 is 10.6 Å². The first kappa shape index (κ1) is 21.9. The van der Waals surface area contributed by atoms with E-state index in [2.05, 4.69) is 53.2 Å². The highest BCUT2D eigenvalue weighted by Gasteiger charge is 2.12. The van der Waals surface area contributed by atoms with E-state index in [0.717, 1.165) is 30.3 Å². The highest BCUT2D eigenvalue weighted by Crippen LogP contribution is 2.18. The third-order valence-electron chi connectivity index (χ3n) is 4.53. The molecule has 0 saturated heterocycles. The minimum atomic E-state index is -0.275. The van der Waals surface area contributed by atoms with E-state index >= 15 is 0 Å². The summed E-state index contributed by atoms with van der Waals surface area (Å²) in [6.07, 6.45) is 2.34. The second-order valence-corrected chi connectivity index (χ2v) is 7.25. The SMILES string of the molecule is CN=C(NCCc1coc(-c2ccc(F)cc2)n1)NCCN(C(C)C)C(C)C. The van der Waals surface area contributed by atoms with Crippen LogP contribution in [-0.4, -0.2) is 54.6 Å². The fourth-order valence-corrected chi connectivity index (χ4v) is 3.09. The second-order valence-electron chi connectivity index (χ2n) is 7.25. The summed E-state index contributed by atoms with van der Waals surface area (Å²) in [5.74, 6) is 0.998. The van der Waals surface area contributed by atoms with Crippen molar-refractivity contribution >= 4 is 5.96 Å². The number of oxazole rings is 1. The Morgan fingerprint density at radius 1 is 1.11 bits per heavy atom. The zero-order chi connectivity index (χ0) is 20.5. The van der Waals surface area contributed by atoms with Crippen LogP contribution in [0.1, 0.15) is 33.4 Å². The van der Waals surface area contributed by atoms with Gasteiger partial charge in [0, 0.05) is 50.7 Å². The highest BCUT2D eigenvalue weighted by molar-refractivity contribution is 5.79. The number of halogens is 1. The number of hydrogen-bond donors (Lipinski definition) is 2. The Bertz CT molecular complexity index is 732. The van der Waals surface area contributed by atoms with Crippen LogP contribution in [0.5, 0.6) is 0 Å². The molecule has 0 bridgehead atoms. The molecule has 6 nitrogen and oxygen atoms in total. The van der Waals surface area contributed by atoms with E-state index in [1.54, 1.807) is 25.4 Å². The molecule has 0 fully saturated rings. The topological polar surface area (TPSA) is 65.7 Å². The maximum atomic E-state index is 13.0. The van der Waals surface area contributed by atoms with Gasteiger partial charge < -0.3 is 15.1 Å². The van der Waals surface area contributed by atoms with Crippen molar-refractivity contribution < 1.29 is 8.81 Å². The smallest absolute Gasteiger partial charge is 0.226 e. The molecule has 7 heteroatoms. The molecule has 0 atom stereocenters. The van der Waals surface area contributed by atoms with Crippen molar-refractivity contribution in [1.29, 1.82) is 0 Å². The lowest BCUT2D eigenvalue weighted by molar-refractivity contribution is 0.178. The Labute approximate surface area is 167 Å². The lowest BCUT2D eigenvalue weighted by atomic mass is 10.2. The summed E-state index contributed by atoms with van der Waals surface area (Å²) >= 11 is 0. The monoisotopic (exact) mass is 389 g/mol. The average molecular weight is 390 g/mol. The van der Waals surface area contributed by atoms with Crippen molar-refractivity contribution in [3.63, 3.8) is 0 Å². The zero-order valence-electron chi connectivity index (χ0n) is 17.5. The quantitative estimate of drug-likeness (QED) is 0.509. The lowest BCUT2D eigenvalue weighted by Crippen LogP contribution is -2.45. The van der Waals surface area contributed by atoms with Crippen LogP contribution in [0.25, 0.3) is 11.5 Å². The van der Waals surface area contributed by atoms with E-state index in [4.69, 9.17) is 4.42 Å². The number of aliphatic imine (C=N–C) groups is 1. The van der Waals surface area contributed by atoms with Crippen molar-refractivity contribution in [2.24, 2.45) is 4.99 Å². The molecule has 0 aliphatic heterocycles. The molecule has 0 radical (unpaired) electrons. The molecule has 0 amide bonds. The number of hydrogen-bond acceptors (Lipinski definition) is 4. The first-order valence-electron chi connectivity index (χ1n) is 9.81. The number of nitrogens with zero attached hydrogens (tertiary/aromatic N) is 3. The molecule has 2 aromatic rings. The standard InChI is InChI=1S/C21H32FN5O/c1-15(2)27(16(3)4)13-12-25-21(23-5)24-11-10-19-14-28-20(26-19)17-6-8-18(22)9-7-17/h6-9,14-16H,10-13H2,1-5H3,(H2,23,24,25). The lowest BCUT2D eigenvalue weighted by Gasteiger charge is -2.30. The molecule has 1 aromatic heterocycles. The van der Waals surface area contributed by atoms with Crippen molar-refractivity contribution in [1.82, 2.24) is 20.5 Å². The number of rotatable bonds is 9. The van der Waals surface area contributed by atoms with Crippen LogP contribution >= 0.6 is 0 Å². The summed E-state index contributed by atoms with van der Waals surface area (Å²) in [7, 11) is 1.76. The third-order valence-corrected chi connectivity index (χ3v) is 4.53. The molecular formula is C21H32FN5O. The molecule has 0 spiro atoms. The average Bonchev–Trinajstić information content (AvgIpc) is 3.12. The van der Waals surface area contributed by atoms with Crippen LogP contribution in [0.2, 0.25) is 0 Å². The summed E-state index contributed by atoms with van der Waals surface area (Å²) in [4.78, 5) is 11.2. The van der Waals surface area contributed by atoms with Gasteiger partial charge in [-0.05, 0) is 52.0 Å². The predicted octanol–water partition coefficient (Wildman–Crippen LogP) is 3.31. The Kier molecular flexibility index (Phi) is 8.44. The third kappa shape index (κ3) is 6.64. The molecule has 28 heavy (non-hydrogen) atoms. The molecule has 0 saturated carbocycles. The summed E-state index contributed by atoms with van der Waals surface area (Å²) in [5.41, 5.74) is 1.60. The zero-order valence-corrected chi connectivity index (χ0v) is 17.5. The van der Waals surface area contributed by atoms with Gasteiger partial charge in [-0.3, -0.25) is 9.89 Å². The summed E-state index contributed by atoms with van der Waals surface area (Å²) in [6.45, 7) is 11.3. The molecule has 0 aliphatic rings. The van der Waals surface area contributed by atoms with Gasteiger partial charge in [-0.15, -0.1) is 0 Å². The van der Waals surface area contributed by atoms with Gasteiger partial charge in [-0.1, -0.05) is 0 Å². The fraction of sp³-hybridized carbons (Fsp3) is 0.524. The maximum absolute atomic E-state index is 13.0. The van der Waals surface area contributed by atoms with Gasteiger partial charge in [0.25, 0.3) is 0 Å².